The van der Waals surface area contributed by atoms with Crippen LogP contribution in [0.1, 0.15) is 44.1 Å². The van der Waals surface area contributed by atoms with Gasteiger partial charge in [-0.2, -0.15) is 0 Å². The van der Waals surface area contributed by atoms with E-state index in [2.05, 4.69) is 4.90 Å². The summed E-state index contributed by atoms with van der Waals surface area (Å²) < 4.78 is 5.15. The SMILES string of the molecule is COCCN1CCN(C(=O)C[C@@]2(c3ccccc3Cl)CC(=O)N(C3CCCC3)C2=O)CC1. The summed E-state index contributed by atoms with van der Waals surface area (Å²) in [5.74, 6) is -0.528. The highest BCUT2D eigenvalue weighted by Crippen LogP contribution is 2.45. The van der Waals surface area contributed by atoms with Gasteiger partial charge in [0.05, 0.1) is 12.0 Å². The summed E-state index contributed by atoms with van der Waals surface area (Å²) in [7, 11) is 1.68. The van der Waals surface area contributed by atoms with Crippen LogP contribution < -0.4 is 0 Å². The predicted molar refractivity (Wildman–Crippen MR) is 121 cm³/mol. The average molecular weight is 462 g/mol. The van der Waals surface area contributed by atoms with Crippen molar-refractivity contribution >= 4 is 29.3 Å². The first-order valence-corrected chi connectivity index (χ1v) is 11.9. The van der Waals surface area contributed by atoms with Gasteiger partial charge in [-0.05, 0) is 24.5 Å². The van der Waals surface area contributed by atoms with Crippen LogP contribution in [0, 0.1) is 0 Å². The van der Waals surface area contributed by atoms with Crippen LogP contribution in [0.25, 0.3) is 0 Å². The van der Waals surface area contributed by atoms with Gasteiger partial charge in [0.1, 0.15) is 0 Å². The molecule has 174 valence electrons. The zero-order valence-corrected chi connectivity index (χ0v) is 19.5. The molecule has 3 aliphatic rings. The zero-order valence-electron chi connectivity index (χ0n) is 18.7. The maximum Gasteiger partial charge on any atom is 0.241 e. The van der Waals surface area contributed by atoms with Crippen LogP contribution in [0.3, 0.4) is 0 Å². The summed E-state index contributed by atoms with van der Waals surface area (Å²) in [4.78, 5) is 45.8. The molecule has 7 nitrogen and oxygen atoms in total. The van der Waals surface area contributed by atoms with E-state index in [-0.39, 0.29) is 36.6 Å². The molecule has 2 heterocycles. The molecule has 0 spiro atoms. The topological polar surface area (TPSA) is 70.2 Å². The van der Waals surface area contributed by atoms with E-state index in [1.54, 1.807) is 25.3 Å². The molecule has 3 amide bonds. The molecule has 1 saturated carbocycles. The van der Waals surface area contributed by atoms with Gasteiger partial charge in [0, 0.05) is 63.7 Å². The second-order valence-electron chi connectivity index (χ2n) is 9.14. The third-order valence-electron chi connectivity index (χ3n) is 7.22. The van der Waals surface area contributed by atoms with Crippen molar-refractivity contribution in [2.24, 2.45) is 0 Å². The van der Waals surface area contributed by atoms with Crippen LogP contribution >= 0.6 is 11.6 Å². The molecule has 0 unspecified atom stereocenters. The van der Waals surface area contributed by atoms with E-state index in [1.165, 1.54) is 4.90 Å². The molecule has 2 saturated heterocycles. The fraction of sp³-hybridized carbons (Fsp3) is 0.625. The highest BCUT2D eigenvalue weighted by molar-refractivity contribution is 6.32. The number of likely N-dealkylation sites (tertiary alicyclic amines) is 1. The molecule has 1 aromatic rings. The Morgan fingerprint density at radius 3 is 2.47 bits per heavy atom. The molecule has 32 heavy (non-hydrogen) atoms. The van der Waals surface area contributed by atoms with Crippen LogP contribution in [0.4, 0.5) is 0 Å². The second kappa shape index (κ2) is 9.89. The lowest BCUT2D eigenvalue weighted by Gasteiger charge is -2.37. The van der Waals surface area contributed by atoms with E-state index in [9.17, 15) is 14.4 Å². The third kappa shape index (κ3) is 4.43. The second-order valence-corrected chi connectivity index (χ2v) is 9.55. The van der Waals surface area contributed by atoms with Gasteiger partial charge in [0.2, 0.25) is 17.7 Å². The summed E-state index contributed by atoms with van der Waals surface area (Å²) in [5.41, 5.74) is -0.630. The van der Waals surface area contributed by atoms with Gasteiger partial charge in [-0.1, -0.05) is 42.6 Å². The van der Waals surface area contributed by atoms with Crippen molar-refractivity contribution in [3.63, 3.8) is 0 Å². The van der Waals surface area contributed by atoms with E-state index in [0.29, 0.717) is 30.3 Å². The number of carbonyl (C=O) groups is 3. The first-order valence-electron chi connectivity index (χ1n) is 11.6. The maximum atomic E-state index is 13.8. The summed E-state index contributed by atoms with van der Waals surface area (Å²) in [6.07, 6.45) is 3.70. The molecule has 3 fully saturated rings. The summed E-state index contributed by atoms with van der Waals surface area (Å²) in [6, 6.07) is 7.09. The fourth-order valence-electron chi connectivity index (χ4n) is 5.40. The van der Waals surface area contributed by atoms with Crippen molar-refractivity contribution in [1.29, 1.82) is 0 Å². The van der Waals surface area contributed by atoms with Crippen LogP contribution in [0.5, 0.6) is 0 Å². The largest absolute Gasteiger partial charge is 0.383 e. The molecule has 1 atom stereocenters. The van der Waals surface area contributed by atoms with Crippen molar-refractivity contribution in [2.75, 3.05) is 46.4 Å². The summed E-state index contributed by atoms with van der Waals surface area (Å²) >= 11 is 6.53. The first-order chi connectivity index (χ1) is 15.5. The number of benzene rings is 1. The molecule has 8 heteroatoms. The lowest BCUT2D eigenvalue weighted by molar-refractivity contribution is -0.145. The van der Waals surface area contributed by atoms with Gasteiger partial charge in [0.15, 0.2) is 0 Å². The number of piperazine rings is 1. The number of halogens is 1. The summed E-state index contributed by atoms with van der Waals surface area (Å²) in [6.45, 7) is 4.26. The molecule has 0 N–H and O–H groups in total. The maximum absolute atomic E-state index is 13.8. The van der Waals surface area contributed by atoms with Crippen LogP contribution in [0.15, 0.2) is 24.3 Å². The van der Waals surface area contributed by atoms with Crippen molar-refractivity contribution < 1.29 is 19.1 Å². The van der Waals surface area contributed by atoms with E-state index < -0.39 is 5.41 Å². The number of rotatable bonds is 7. The smallest absolute Gasteiger partial charge is 0.241 e. The quantitative estimate of drug-likeness (QED) is 0.583. The Hall–Kier alpha value is -1.96. The number of carbonyl (C=O) groups excluding carboxylic acids is 3. The lowest BCUT2D eigenvalue weighted by atomic mass is 9.75. The Morgan fingerprint density at radius 2 is 1.81 bits per heavy atom. The molecular weight excluding hydrogens is 430 g/mol. The average Bonchev–Trinajstić information content (AvgIpc) is 3.39. The molecule has 0 radical (unpaired) electrons. The van der Waals surface area contributed by atoms with Gasteiger partial charge < -0.3 is 9.64 Å². The molecule has 4 rings (SSSR count). The van der Waals surface area contributed by atoms with Crippen molar-refractivity contribution in [3.05, 3.63) is 34.9 Å². The van der Waals surface area contributed by atoms with E-state index >= 15 is 0 Å². The number of hydrogen-bond acceptors (Lipinski definition) is 5. The minimum absolute atomic E-state index is 0.00557. The fourth-order valence-corrected chi connectivity index (χ4v) is 5.72. The van der Waals surface area contributed by atoms with Crippen molar-refractivity contribution in [2.45, 2.75) is 50.0 Å². The Morgan fingerprint density at radius 1 is 1.12 bits per heavy atom. The number of nitrogens with zero attached hydrogens (tertiary/aromatic N) is 3. The monoisotopic (exact) mass is 461 g/mol. The van der Waals surface area contributed by atoms with Gasteiger partial charge in [-0.15, -0.1) is 0 Å². The molecule has 1 aliphatic carbocycles. The predicted octanol–water partition coefficient (Wildman–Crippen LogP) is 2.46. The zero-order chi connectivity index (χ0) is 22.7. The number of ether oxygens (including phenoxy) is 1. The number of hydrogen-bond donors (Lipinski definition) is 0. The summed E-state index contributed by atoms with van der Waals surface area (Å²) in [5, 5.41) is 0.430. The highest BCUT2D eigenvalue weighted by atomic mass is 35.5. The lowest BCUT2D eigenvalue weighted by Crippen LogP contribution is -2.51. The minimum Gasteiger partial charge on any atom is -0.383 e. The Kier molecular flexibility index (Phi) is 7.17. The molecular formula is C24H32ClN3O4. The number of methoxy groups -OCH3 is 1. The first kappa shape index (κ1) is 23.2. The van der Waals surface area contributed by atoms with Crippen LogP contribution in [0.2, 0.25) is 5.02 Å². The number of imide groups is 1. The van der Waals surface area contributed by atoms with Gasteiger partial charge in [-0.25, -0.2) is 0 Å². The Bertz CT molecular complexity index is 865. The van der Waals surface area contributed by atoms with Crippen molar-refractivity contribution in [1.82, 2.24) is 14.7 Å². The molecule has 2 aliphatic heterocycles. The van der Waals surface area contributed by atoms with E-state index in [0.717, 1.165) is 45.3 Å². The van der Waals surface area contributed by atoms with Crippen LogP contribution in [-0.2, 0) is 24.5 Å². The van der Waals surface area contributed by atoms with Gasteiger partial charge in [0.25, 0.3) is 0 Å². The molecule has 1 aromatic carbocycles. The third-order valence-corrected chi connectivity index (χ3v) is 7.55. The number of amides is 3. The van der Waals surface area contributed by atoms with Crippen molar-refractivity contribution in [3.8, 4) is 0 Å². The van der Waals surface area contributed by atoms with Gasteiger partial charge >= 0.3 is 0 Å². The Labute approximate surface area is 194 Å². The van der Waals surface area contributed by atoms with E-state index in [4.69, 9.17) is 16.3 Å². The minimum atomic E-state index is -1.22. The molecule has 0 bridgehead atoms. The van der Waals surface area contributed by atoms with Crippen LogP contribution in [-0.4, -0.2) is 84.9 Å². The Balaban J connectivity index is 1.56. The molecule has 0 aromatic heterocycles. The van der Waals surface area contributed by atoms with Gasteiger partial charge in [-0.3, -0.25) is 24.2 Å². The standard InChI is InChI=1S/C24H32ClN3O4/c1-32-15-14-26-10-12-27(13-11-26)21(29)16-24(19-8-4-5-9-20(19)25)17-22(30)28(23(24)31)18-6-2-3-7-18/h4-5,8-9,18H,2-3,6-7,10-17H2,1H3/t24-/m0/s1. The highest BCUT2D eigenvalue weighted by Gasteiger charge is 2.56. The normalized spacial score (nSPS) is 25.2. The van der Waals surface area contributed by atoms with E-state index in [1.807, 2.05) is 11.0 Å².